The number of carbonyl (C=O) groups excluding carboxylic acids is 2. The van der Waals surface area contributed by atoms with Crippen LogP contribution in [0.15, 0.2) is 35.6 Å². The van der Waals surface area contributed by atoms with E-state index in [1.54, 1.807) is 11.8 Å². The Labute approximate surface area is 154 Å². The second-order valence-corrected chi connectivity index (χ2v) is 7.01. The Kier molecular flexibility index (Phi) is 5.64. The molecule has 0 spiro atoms. The van der Waals surface area contributed by atoms with Crippen molar-refractivity contribution in [1.82, 2.24) is 4.90 Å². The van der Waals surface area contributed by atoms with Gasteiger partial charge in [-0.3, -0.25) is 9.59 Å². The largest absolute Gasteiger partial charge is 0.503 e. The Morgan fingerprint density at radius 3 is 2.42 bits per heavy atom. The summed E-state index contributed by atoms with van der Waals surface area (Å²) in [6.07, 6.45) is 5.17. The molecule has 1 N–H and O–H groups in total. The lowest BCUT2D eigenvalue weighted by atomic mass is 9.94. The molecule has 26 heavy (non-hydrogen) atoms. The summed E-state index contributed by atoms with van der Waals surface area (Å²) in [5, 5.41) is 10.4. The van der Waals surface area contributed by atoms with E-state index in [2.05, 4.69) is 0 Å². The maximum absolute atomic E-state index is 12.8. The molecule has 0 saturated heterocycles. The summed E-state index contributed by atoms with van der Waals surface area (Å²) < 4.78 is 5.63. The van der Waals surface area contributed by atoms with Gasteiger partial charge in [-0.15, -0.1) is 0 Å². The Hall–Kier alpha value is -2.30. The van der Waals surface area contributed by atoms with Crippen LogP contribution in [0, 0.1) is 0 Å². The number of ketones is 1. The van der Waals surface area contributed by atoms with Crippen molar-refractivity contribution in [2.75, 3.05) is 6.61 Å². The molecule has 1 fully saturated rings. The number of ether oxygens (including phenoxy) is 1. The molecule has 1 aliphatic heterocycles. The van der Waals surface area contributed by atoms with Gasteiger partial charge < -0.3 is 14.7 Å². The number of Topliss-reactive ketones (excluding diaryl/α,β-unsaturated/α-hetero) is 1. The molecule has 1 atom stereocenters. The van der Waals surface area contributed by atoms with Crippen LogP contribution in [-0.4, -0.2) is 34.3 Å². The van der Waals surface area contributed by atoms with E-state index in [0.29, 0.717) is 6.61 Å². The number of nitrogens with zero attached hydrogens (tertiary/aromatic N) is 1. The average Bonchev–Trinajstić information content (AvgIpc) is 3.27. The van der Waals surface area contributed by atoms with E-state index in [0.717, 1.165) is 43.4 Å². The summed E-state index contributed by atoms with van der Waals surface area (Å²) in [6.45, 7) is 4.45. The van der Waals surface area contributed by atoms with E-state index < -0.39 is 11.9 Å². The smallest absolute Gasteiger partial charge is 0.290 e. The average molecular weight is 357 g/mol. The summed E-state index contributed by atoms with van der Waals surface area (Å²) in [5.74, 6) is -0.193. The third-order valence-electron chi connectivity index (χ3n) is 5.25. The predicted molar refractivity (Wildman–Crippen MR) is 99.0 cm³/mol. The van der Waals surface area contributed by atoms with Crippen molar-refractivity contribution in [1.29, 1.82) is 0 Å². The zero-order valence-corrected chi connectivity index (χ0v) is 15.5. The van der Waals surface area contributed by atoms with Crippen LogP contribution >= 0.6 is 0 Å². The van der Waals surface area contributed by atoms with Gasteiger partial charge in [0.1, 0.15) is 5.75 Å². The molecule has 3 rings (SSSR count). The Balaban J connectivity index is 1.97. The van der Waals surface area contributed by atoms with E-state index in [1.807, 2.05) is 31.2 Å². The second kappa shape index (κ2) is 7.94. The molecule has 5 heteroatoms. The first-order chi connectivity index (χ1) is 12.6. The van der Waals surface area contributed by atoms with Crippen LogP contribution in [0.3, 0.4) is 0 Å². The fourth-order valence-corrected chi connectivity index (χ4v) is 3.95. The molecule has 0 radical (unpaired) electrons. The fourth-order valence-electron chi connectivity index (χ4n) is 3.95. The quantitative estimate of drug-likeness (QED) is 0.798. The van der Waals surface area contributed by atoms with Crippen LogP contribution < -0.4 is 4.74 Å². The number of carbonyl (C=O) groups is 2. The number of rotatable bonds is 7. The Bertz CT molecular complexity index is 701. The van der Waals surface area contributed by atoms with E-state index in [-0.39, 0.29) is 29.6 Å². The van der Waals surface area contributed by atoms with Gasteiger partial charge in [-0.1, -0.05) is 38.8 Å². The topological polar surface area (TPSA) is 66.8 Å². The molecule has 5 nitrogen and oxygen atoms in total. The summed E-state index contributed by atoms with van der Waals surface area (Å²) in [4.78, 5) is 27.0. The lowest BCUT2D eigenvalue weighted by molar-refractivity contribution is -0.131. The first-order valence-corrected chi connectivity index (χ1v) is 9.60. The van der Waals surface area contributed by atoms with Crippen LogP contribution in [0.2, 0.25) is 0 Å². The maximum atomic E-state index is 12.8. The van der Waals surface area contributed by atoms with Crippen molar-refractivity contribution in [3.8, 4) is 5.75 Å². The molecule has 1 aliphatic carbocycles. The van der Waals surface area contributed by atoms with Gasteiger partial charge >= 0.3 is 0 Å². The fraction of sp³-hybridized carbons (Fsp3) is 0.524. The molecule has 1 aromatic carbocycles. The first kappa shape index (κ1) is 18.5. The summed E-state index contributed by atoms with van der Waals surface area (Å²) in [7, 11) is 0. The van der Waals surface area contributed by atoms with Gasteiger partial charge in [0.25, 0.3) is 5.91 Å². The van der Waals surface area contributed by atoms with Crippen molar-refractivity contribution in [3.63, 3.8) is 0 Å². The monoisotopic (exact) mass is 357 g/mol. The van der Waals surface area contributed by atoms with Crippen molar-refractivity contribution in [2.24, 2.45) is 0 Å². The molecule has 0 aromatic heterocycles. The standard InChI is InChI=1S/C21H27NO4/c1-3-13-26-16-11-9-14(10-12-16)19-18(17(23)4-2)20(24)21(25)22(19)15-7-5-6-8-15/h9-12,15,19,24H,3-8,13H2,1-2H3. The highest BCUT2D eigenvalue weighted by molar-refractivity contribution is 6.09. The van der Waals surface area contributed by atoms with Gasteiger partial charge in [0.05, 0.1) is 18.2 Å². The molecule has 0 bridgehead atoms. The normalized spacial score (nSPS) is 20.9. The van der Waals surface area contributed by atoms with Gasteiger partial charge in [0.15, 0.2) is 11.5 Å². The minimum Gasteiger partial charge on any atom is -0.503 e. The van der Waals surface area contributed by atoms with Gasteiger partial charge in [-0.05, 0) is 37.0 Å². The minimum atomic E-state index is -0.502. The van der Waals surface area contributed by atoms with Crippen LogP contribution in [0.1, 0.15) is 64.0 Å². The number of hydrogen-bond acceptors (Lipinski definition) is 4. The SMILES string of the molecule is CCCOc1ccc(C2C(C(=O)CC)=C(O)C(=O)N2C2CCCC2)cc1. The van der Waals surface area contributed by atoms with Crippen LogP contribution in [0.4, 0.5) is 0 Å². The van der Waals surface area contributed by atoms with Gasteiger partial charge in [0, 0.05) is 12.5 Å². The molecule has 1 heterocycles. The van der Waals surface area contributed by atoms with Gasteiger partial charge in [0.2, 0.25) is 0 Å². The highest BCUT2D eigenvalue weighted by Gasteiger charge is 2.46. The number of amides is 1. The zero-order chi connectivity index (χ0) is 18.7. The second-order valence-electron chi connectivity index (χ2n) is 7.01. The number of benzene rings is 1. The Morgan fingerprint density at radius 1 is 1.19 bits per heavy atom. The van der Waals surface area contributed by atoms with Crippen molar-refractivity contribution < 1.29 is 19.4 Å². The lowest BCUT2D eigenvalue weighted by Crippen LogP contribution is -2.38. The molecule has 1 amide bonds. The highest BCUT2D eigenvalue weighted by atomic mass is 16.5. The van der Waals surface area contributed by atoms with Crippen LogP contribution in [0.5, 0.6) is 5.75 Å². The summed E-state index contributed by atoms with van der Waals surface area (Å²) >= 11 is 0. The molecular formula is C21H27NO4. The zero-order valence-electron chi connectivity index (χ0n) is 15.5. The van der Waals surface area contributed by atoms with Gasteiger partial charge in [-0.25, -0.2) is 0 Å². The van der Waals surface area contributed by atoms with Crippen molar-refractivity contribution in [2.45, 2.75) is 64.5 Å². The third-order valence-corrected chi connectivity index (χ3v) is 5.25. The van der Waals surface area contributed by atoms with E-state index in [1.165, 1.54) is 0 Å². The van der Waals surface area contributed by atoms with E-state index >= 15 is 0 Å². The predicted octanol–water partition coefficient (Wildman–Crippen LogP) is 4.09. The summed E-state index contributed by atoms with van der Waals surface area (Å²) in [5.41, 5.74) is 1.08. The molecule has 2 aliphatic rings. The van der Waals surface area contributed by atoms with Crippen molar-refractivity contribution >= 4 is 11.7 Å². The molecule has 1 aromatic rings. The van der Waals surface area contributed by atoms with Crippen LogP contribution in [0.25, 0.3) is 0 Å². The highest BCUT2D eigenvalue weighted by Crippen LogP contribution is 2.42. The number of aliphatic hydroxyl groups excluding tert-OH is 1. The van der Waals surface area contributed by atoms with Crippen LogP contribution in [-0.2, 0) is 9.59 Å². The molecule has 140 valence electrons. The summed E-state index contributed by atoms with van der Waals surface area (Å²) in [6, 6.07) is 7.10. The minimum absolute atomic E-state index is 0.0767. The van der Waals surface area contributed by atoms with E-state index in [9.17, 15) is 14.7 Å². The first-order valence-electron chi connectivity index (χ1n) is 9.60. The number of hydrogen-bond donors (Lipinski definition) is 1. The number of aliphatic hydroxyl groups is 1. The van der Waals surface area contributed by atoms with Gasteiger partial charge in [-0.2, -0.15) is 0 Å². The molecule has 1 saturated carbocycles. The van der Waals surface area contributed by atoms with E-state index in [4.69, 9.17) is 4.74 Å². The lowest BCUT2D eigenvalue weighted by Gasteiger charge is -2.32. The molecular weight excluding hydrogens is 330 g/mol. The Morgan fingerprint density at radius 2 is 1.85 bits per heavy atom. The maximum Gasteiger partial charge on any atom is 0.290 e. The third kappa shape index (κ3) is 3.35. The molecule has 1 unspecified atom stereocenters. The van der Waals surface area contributed by atoms with Crippen molar-refractivity contribution in [3.05, 3.63) is 41.2 Å².